The number of hydrogen-bond donors (Lipinski definition) is 2. The topological polar surface area (TPSA) is 99.9 Å². The van der Waals surface area contributed by atoms with Gasteiger partial charge in [0.15, 0.2) is 11.5 Å². The van der Waals surface area contributed by atoms with Gasteiger partial charge in [-0.05, 0) is 42.0 Å². The SMILES string of the molecule is COc1ccc(C(N)=O)cc1NC(=O)C=Cc1cc(Cl)c(OC)c(OC)c1. The number of primary amides is 1. The molecule has 0 saturated heterocycles. The van der Waals surface area contributed by atoms with Gasteiger partial charge in [0, 0.05) is 11.6 Å². The predicted octanol–water partition coefficient (Wildman–Crippen LogP) is 3.12. The number of hydrogen-bond acceptors (Lipinski definition) is 5. The number of methoxy groups -OCH3 is 3. The first-order valence-corrected chi connectivity index (χ1v) is 8.15. The maximum atomic E-state index is 12.2. The molecule has 7 nitrogen and oxygen atoms in total. The normalized spacial score (nSPS) is 10.5. The largest absolute Gasteiger partial charge is 0.495 e. The Morgan fingerprint density at radius 2 is 1.74 bits per heavy atom. The average Bonchev–Trinajstić information content (AvgIpc) is 2.65. The zero-order valence-electron chi connectivity index (χ0n) is 15.0. The molecule has 0 bridgehead atoms. The molecule has 3 N–H and O–H groups in total. The van der Waals surface area contributed by atoms with Crippen molar-refractivity contribution in [1.82, 2.24) is 0 Å². The third-order valence-corrected chi connectivity index (χ3v) is 3.91. The first-order chi connectivity index (χ1) is 12.9. The van der Waals surface area contributed by atoms with E-state index in [1.165, 1.54) is 39.5 Å². The first-order valence-electron chi connectivity index (χ1n) is 7.78. The fourth-order valence-corrected chi connectivity index (χ4v) is 2.64. The second kappa shape index (κ2) is 8.95. The van der Waals surface area contributed by atoms with Gasteiger partial charge >= 0.3 is 0 Å². The van der Waals surface area contributed by atoms with Crippen LogP contribution in [-0.2, 0) is 4.79 Å². The summed E-state index contributed by atoms with van der Waals surface area (Å²) in [6.45, 7) is 0. The molecule has 2 aromatic rings. The lowest BCUT2D eigenvalue weighted by atomic mass is 10.1. The zero-order chi connectivity index (χ0) is 20.0. The molecule has 8 heteroatoms. The summed E-state index contributed by atoms with van der Waals surface area (Å²) in [5.74, 6) is 0.218. The molecular formula is C19H19ClN2O5. The second-order valence-electron chi connectivity index (χ2n) is 5.34. The summed E-state index contributed by atoms with van der Waals surface area (Å²) in [4.78, 5) is 23.6. The second-order valence-corrected chi connectivity index (χ2v) is 5.75. The van der Waals surface area contributed by atoms with Gasteiger partial charge in [0.2, 0.25) is 11.8 Å². The highest BCUT2D eigenvalue weighted by Gasteiger charge is 2.11. The van der Waals surface area contributed by atoms with E-state index in [2.05, 4.69) is 5.32 Å². The van der Waals surface area contributed by atoms with E-state index in [0.29, 0.717) is 33.5 Å². The van der Waals surface area contributed by atoms with Gasteiger partial charge in [0.1, 0.15) is 5.75 Å². The van der Waals surface area contributed by atoms with Crippen molar-refractivity contribution in [3.05, 3.63) is 52.6 Å². The molecule has 2 aromatic carbocycles. The standard InChI is InChI=1S/C19H19ClN2O5/c1-25-15-6-5-12(19(21)24)10-14(15)22-17(23)7-4-11-8-13(20)18(27-3)16(9-11)26-2/h4-10H,1-3H3,(H2,21,24)(H,22,23). The predicted molar refractivity (Wildman–Crippen MR) is 104 cm³/mol. The summed E-state index contributed by atoms with van der Waals surface area (Å²) >= 11 is 6.15. The molecule has 0 heterocycles. The van der Waals surface area contributed by atoms with E-state index < -0.39 is 11.8 Å². The van der Waals surface area contributed by atoms with Crippen molar-refractivity contribution in [2.45, 2.75) is 0 Å². The van der Waals surface area contributed by atoms with E-state index in [9.17, 15) is 9.59 Å². The van der Waals surface area contributed by atoms with Crippen molar-refractivity contribution < 1.29 is 23.8 Å². The number of amides is 2. The van der Waals surface area contributed by atoms with Crippen LogP contribution in [-0.4, -0.2) is 33.1 Å². The van der Waals surface area contributed by atoms with Crippen LogP contribution in [0.15, 0.2) is 36.4 Å². The van der Waals surface area contributed by atoms with E-state index in [-0.39, 0.29) is 5.56 Å². The molecule has 0 aliphatic heterocycles. The lowest BCUT2D eigenvalue weighted by Gasteiger charge is -2.11. The van der Waals surface area contributed by atoms with Crippen LogP contribution in [0.25, 0.3) is 6.08 Å². The van der Waals surface area contributed by atoms with Crippen molar-refractivity contribution in [1.29, 1.82) is 0 Å². The van der Waals surface area contributed by atoms with Gasteiger partial charge in [-0.25, -0.2) is 0 Å². The number of nitrogens with one attached hydrogen (secondary N) is 1. The highest BCUT2D eigenvalue weighted by Crippen LogP contribution is 2.36. The summed E-state index contributed by atoms with van der Waals surface area (Å²) in [5, 5.41) is 3.00. The van der Waals surface area contributed by atoms with Gasteiger partial charge < -0.3 is 25.3 Å². The number of carbonyl (C=O) groups is 2. The molecule has 0 saturated carbocycles. The Morgan fingerprint density at radius 1 is 1.04 bits per heavy atom. The van der Waals surface area contributed by atoms with Crippen molar-refractivity contribution in [2.24, 2.45) is 5.73 Å². The number of carbonyl (C=O) groups excluding carboxylic acids is 2. The molecule has 0 unspecified atom stereocenters. The van der Waals surface area contributed by atoms with Crippen LogP contribution in [0.2, 0.25) is 5.02 Å². The van der Waals surface area contributed by atoms with Gasteiger partial charge in [0.25, 0.3) is 0 Å². The van der Waals surface area contributed by atoms with Crippen LogP contribution >= 0.6 is 11.6 Å². The minimum atomic E-state index is -0.608. The van der Waals surface area contributed by atoms with Crippen molar-refractivity contribution in [3.63, 3.8) is 0 Å². The van der Waals surface area contributed by atoms with Gasteiger partial charge in [-0.2, -0.15) is 0 Å². The number of anilines is 1. The van der Waals surface area contributed by atoms with Gasteiger partial charge in [-0.1, -0.05) is 11.6 Å². The first kappa shape index (κ1) is 20.1. The van der Waals surface area contributed by atoms with Crippen molar-refractivity contribution >= 4 is 35.2 Å². The van der Waals surface area contributed by atoms with E-state index in [1.807, 2.05) is 0 Å². The molecule has 2 rings (SSSR count). The number of nitrogens with two attached hydrogens (primary N) is 1. The van der Waals surface area contributed by atoms with E-state index in [4.69, 9.17) is 31.5 Å². The van der Waals surface area contributed by atoms with Crippen LogP contribution < -0.4 is 25.3 Å². The summed E-state index contributed by atoms with van der Waals surface area (Å²) in [6.07, 6.45) is 2.88. The van der Waals surface area contributed by atoms with E-state index in [1.54, 1.807) is 24.3 Å². The third kappa shape index (κ3) is 4.92. The van der Waals surface area contributed by atoms with Crippen LogP contribution in [0.5, 0.6) is 17.2 Å². The molecule has 0 radical (unpaired) electrons. The van der Waals surface area contributed by atoms with E-state index >= 15 is 0 Å². The molecule has 0 fully saturated rings. The lowest BCUT2D eigenvalue weighted by molar-refractivity contribution is -0.111. The zero-order valence-corrected chi connectivity index (χ0v) is 15.8. The Kier molecular flexibility index (Phi) is 6.67. The Morgan fingerprint density at radius 3 is 2.33 bits per heavy atom. The monoisotopic (exact) mass is 390 g/mol. The van der Waals surface area contributed by atoms with Gasteiger partial charge in [-0.3, -0.25) is 9.59 Å². The minimum Gasteiger partial charge on any atom is -0.495 e. The number of rotatable bonds is 7. The summed E-state index contributed by atoms with van der Waals surface area (Å²) in [7, 11) is 4.43. The van der Waals surface area contributed by atoms with Crippen LogP contribution in [0.1, 0.15) is 15.9 Å². The smallest absolute Gasteiger partial charge is 0.248 e. The van der Waals surface area contributed by atoms with Crippen LogP contribution in [0.4, 0.5) is 5.69 Å². The summed E-state index contributed by atoms with van der Waals surface area (Å²) < 4.78 is 15.6. The minimum absolute atomic E-state index is 0.252. The number of halogens is 1. The summed E-state index contributed by atoms with van der Waals surface area (Å²) in [5.41, 5.74) is 6.49. The maximum Gasteiger partial charge on any atom is 0.248 e. The molecule has 0 aliphatic carbocycles. The van der Waals surface area contributed by atoms with E-state index in [0.717, 1.165) is 0 Å². The fraction of sp³-hybridized carbons (Fsp3) is 0.158. The van der Waals surface area contributed by atoms with Crippen molar-refractivity contribution in [3.8, 4) is 17.2 Å². The van der Waals surface area contributed by atoms with Gasteiger partial charge in [0.05, 0.1) is 32.0 Å². The van der Waals surface area contributed by atoms with Crippen molar-refractivity contribution in [2.75, 3.05) is 26.6 Å². The van der Waals surface area contributed by atoms with Crippen LogP contribution in [0, 0.1) is 0 Å². The highest BCUT2D eigenvalue weighted by molar-refractivity contribution is 6.32. The molecule has 0 aromatic heterocycles. The molecule has 27 heavy (non-hydrogen) atoms. The third-order valence-electron chi connectivity index (χ3n) is 3.62. The quantitative estimate of drug-likeness (QED) is 0.707. The summed E-state index contributed by atoms with van der Waals surface area (Å²) in [6, 6.07) is 7.83. The Labute approximate surface area is 161 Å². The Hall–Kier alpha value is -3.19. The molecule has 2 amide bonds. The number of benzene rings is 2. The Balaban J connectivity index is 2.22. The lowest BCUT2D eigenvalue weighted by Crippen LogP contribution is -2.13. The number of ether oxygens (including phenoxy) is 3. The fourth-order valence-electron chi connectivity index (χ4n) is 2.34. The molecular weight excluding hydrogens is 372 g/mol. The van der Waals surface area contributed by atoms with Gasteiger partial charge in [-0.15, -0.1) is 0 Å². The molecule has 0 atom stereocenters. The maximum absolute atomic E-state index is 12.2. The Bertz CT molecular complexity index is 896. The molecule has 0 spiro atoms. The molecule has 142 valence electrons. The molecule has 0 aliphatic rings. The van der Waals surface area contributed by atoms with Crippen LogP contribution in [0.3, 0.4) is 0 Å². The average molecular weight is 391 g/mol. The highest BCUT2D eigenvalue weighted by atomic mass is 35.5.